The van der Waals surface area contributed by atoms with Crippen LogP contribution in [0.25, 0.3) is 11.4 Å². The van der Waals surface area contributed by atoms with Crippen molar-refractivity contribution in [2.45, 2.75) is 31.5 Å². The van der Waals surface area contributed by atoms with Crippen LogP contribution < -0.4 is 26.6 Å². The van der Waals surface area contributed by atoms with Crippen molar-refractivity contribution in [3.8, 4) is 23.2 Å². The maximum Gasteiger partial charge on any atom is 0.417 e. The zero-order valence-electron chi connectivity index (χ0n) is 25.2. The summed E-state index contributed by atoms with van der Waals surface area (Å²) >= 11 is 5.68. The molecule has 2 aromatic carbocycles. The number of alkyl halides is 3. The fourth-order valence-electron chi connectivity index (χ4n) is 5.57. The summed E-state index contributed by atoms with van der Waals surface area (Å²) in [6.07, 6.45) is -0.438. The van der Waals surface area contributed by atoms with E-state index in [2.05, 4.69) is 43.4 Å². The molecule has 242 valence electrons. The van der Waals surface area contributed by atoms with Gasteiger partial charge in [0.2, 0.25) is 5.95 Å². The van der Waals surface area contributed by atoms with Crippen molar-refractivity contribution < 1.29 is 22.8 Å². The molecular formula is C33H30ClF3N8O2. The van der Waals surface area contributed by atoms with Crippen LogP contribution in [0.3, 0.4) is 0 Å². The highest BCUT2D eigenvalue weighted by molar-refractivity contribution is 6.31. The molecule has 14 heteroatoms. The Morgan fingerprint density at radius 3 is 2.55 bits per heavy atom. The Morgan fingerprint density at radius 1 is 1.04 bits per heavy atom. The van der Waals surface area contributed by atoms with Gasteiger partial charge in [0.25, 0.3) is 5.91 Å². The zero-order chi connectivity index (χ0) is 33.1. The summed E-state index contributed by atoms with van der Waals surface area (Å²) in [7, 11) is 1.90. The van der Waals surface area contributed by atoms with Gasteiger partial charge in [-0.3, -0.25) is 4.79 Å². The van der Waals surface area contributed by atoms with E-state index >= 15 is 0 Å². The van der Waals surface area contributed by atoms with Crippen LogP contribution >= 0.6 is 11.6 Å². The Hall–Kier alpha value is -5.06. The third kappa shape index (κ3) is 7.34. The molecule has 3 amide bonds. The van der Waals surface area contributed by atoms with Crippen LogP contribution in [-0.2, 0) is 19.6 Å². The zero-order valence-corrected chi connectivity index (χ0v) is 25.9. The molecule has 2 aromatic heterocycles. The molecule has 2 aliphatic rings. The maximum absolute atomic E-state index is 13.2. The minimum Gasteiger partial charge on any atom is -0.352 e. The van der Waals surface area contributed by atoms with Crippen LogP contribution in [-0.4, -0.2) is 52.1 Å². The summed E-state index contributed by atoms with van der Waals surface area (Å²) in [5.41, 5.74) is 3.17. The lowest BCUT2D eigenvalue weighted by Gasteiger charge is -2.23. The fraction of sp³-hybridized carbons (Fsp3) is 0.273. The van der Waals surface area contributed by atoms with Crippen molar-refractivity contribution in [3.63, 3.8) is 0 Å². The summed E-state index contributed by atoms with van der Waals surface area (Å²) in [4.78, 5) is 34.6. The number of carbonyl (C=O) groups excluding carboxylic acids is 2. The number of carbonyl (C=O) groups is 2. The first-order valence-electron chi connectivity index (χ1n) is 14.9. The van der Waals surface area contributed by atoms with Gasteiger partial charge in [0.1, 0.15) is 5.69 Å². The van der Waals surface area contributed by atoms with Gasteiger partial charge in [-0.1, -0.05) is 29.5 Å². The standard InChI is InChI=1S/C33H30ClF3N8O2/c1-45-27-11-14-39-30(46)24(27)17-28(45)29-20(18-40-31(44-29)41-21-9-12-38-13-10-21)6-5-19-3-2-4-22(15-19)42-32(47)43-23-7-8-26(34)25(16-23)33(35,36)37/h2-4,7-8,15-18,21,38H,9-14H2,1H3,(H,39,46)(H,40,41,44)(H2,42,43,47). The predicted molar refractivity (Wildman–Crippen MR) is 174 cm³/mol. The Kier molecular flexibility index (Phi) is 9.06. The fourth-order valence-corrected chi connectivity index (χ4v) is 5.80. The van der Waals surface area contributed by atoms with E-state index in [0.717, 1.165) is 49.5 Å². The second-order valence-corrected chi connectivity index (χ2v) is 11.6. The maximum atomic E-state index is 13.2. The number of urea groups is 1. The largest absolute Gasteiger partial charge is 0.417 e. The lowest BCUT2D eigenvalue weighted by molar-refractivity contribution is -0.137. The Labute approximate surface area is 273 Å². The van der Waals surface area contributed by atoms with E-state index in [1.807, 2.05) is 17.7 Å². The number of anilines is 3. The Morgan fingerprint density at radius 2 is 1.81 bits per heavy atom. The molecule has 5 N–H and O–H groups in total. The SMILES string of the molecule is Cn1c(-c2nc(NC3CCNCC3)ncc2C#Cc2cccc(NC(=O)Nc3ccc(Cl)c(C(F)(F)F)c3)c2)cc2c1CCNC2=O. The predicted octanol–water partition coefficient (Wildman–Crippen LogP) is 5.65. The van der Waals surface area contributed by atoms with Gasteiger partial charge < -0.3 is 31.2 Å². The molecule has 6 rings (SSSR count). The number of piperidine rings is 1. The molecular weight excluding hydrogens is 633 g/mol. The lowest BCUT2D eigenvalue weighted by Crippen LogP contribution is -2.35. The lowest BCUT2D eigenvalue weighted by atomic mass is 10.1. The van der Waals surface area contributed by atoms with Crippen molar-refractivity contribution in [1.29, 1.82) is 0 Å². The van der Waals surface area contributed by atoms with Gasteiger partial charge in [-0.25, -0.2) is 14.8 Å². The number of benzene rings is 2. The van der Waals surface area contributed by atoms with E-state index in [4.69, 9.17) is 16.6 Å². The molecule has 0 bridgehead atoms. The quantitative estimate of drug-likeness (QED) is 0.176. The second-order valence-electron chi connectivity index (χ2n) is 11.2. The first-order valence-corrected chi connectivity index (χ1v) is 15.3. The van der Waals surface area contributed by atoms with Crippen LogP contribution in [0.1, 0.15) is 45.6 Å². The third-order valence-electron chi connectivity index (χ3n) is 7.95. The minimum atomic E-state index is -4.67. The second kappa shape index (κ2) is 13.4. The summed E-state index contributed by atoms with van der Waals surface area (Å²) in [6.45, 7) is 2.37. The molecule has 0 unspecified atom stereocenters. The highest BCUT2D eigenvalue weighted by atomic mass is 35.5. The van der Waals surface area contributed by atoms with Crippen LogP contribution in [0.15, 0.2) is 54.7 Å². The molecule has 0 spiro atoms. The normalized spacial score (nSPS) is 14.8. The number of hydrogen-bond donors (Lipinski definition) is 5. The minimum absolute atomic E-state index is 0.0689. The molecule has 2 aliphatic heterocycles. The Bertz CT molecular complexity index is 1910. The van der Waals surface area contributed by atoms with Gasteiger partial charge in [0, 0.05) is 54.9 Å². The number of nitrogens with zero attached hydrogens (tertiary/aromatic N) is 3. The Balaban J connectivity index is 1.25. The van der Waals surface area contributed by atoms with Gasteiger partial charge in [0.15, 0.2) is 0 Å². The van der Waals surface area contributed by atoms with Crippen molar-refractivity contribution in [1.82, 2.24) is 25.2 Å². The molecule has 0 radical (unpaired) electrons. The molecule has 1 saturated heterocycles. The average Bonchev–Trinajstić information content (AvgIpc) is 3.38. The highest BCUT2D eigenvalue weighted by Crippen LogP contribution is 2.36. The van der Waals surface area contributed by atoms with Gasteiger partial charge in [0.05, 0.1) is 27.4 Å². The summed E-state index contributed by atoms with van der Waals surface area (Å²) in [6, 6.07) is 11.1. The number of nitrogens with one attached hydrogen (secondary N) is 5. The first-order chi connectivity index (χ1) is 22.5. The molecule has 1 fully saturated rings. The van der Waals surface area contributed by atoms with Crippen LogP contribution in [0.5, 0.6) is 0 Å². The molecule has 0 saturated carbocycles. The number of rotatable bonds is 5. The van der Waals surface area contributed by atoms with Gasteiger partial charge >= 0.3 is 12.2 Å². The van der Waals surface area contributed by atoms with Crippen molar-refractivity contribution in [2.24, 2.45) is 7.05 Å². The number of hydrogen-bond acceptors (Lipinski definition) is 6. The molecule has 10 nitrogen and oxygen atoms in total. The van der Waals surface area contributed by atoms with Crippen LogP contribution in [0, 0.1) is 11.8 Å². The monoisotopic (exact) mass is 662 g/mol. The molecule has 47 heavy (non-hydrogen) atoms. The van der Waals surface area contributed by atoms with E-state index in [0.29, 0.717) is 47.0 Å². The molecule has 0 aliphatic carbocycles. The van der Waals surface area contributed by atoms with Gasteiger partial charge in [-0.2, -0.15) is 13.2 Å². The summed E-state index contributed by atoms with van der Waals surface area (Å²) < 4.78 is 41.6. The van der Waals surface area contributed by atoms with Gasteiger partial charge in [-0.15, -0.1) is 0 Å². The van der Waals surface area contributed by atoms with E-state index < -0.39 is 22.8 Å². The van der Waals surface area contributed by atoms with E-state index in [1.165, 1.54) is 6.07 Å². The number of aromatic nitrogens is 3. The molecule has 4 heterocycles. The van der Waals surface area contributed by atoms with Crippen molar-refractivity contribution in [3.05, 3.63) is 87.7 Å². The average molecular weight is 663 g/mol. The van der Waals surface area contributed by atoms with E-state index in [-0.39, 0.29) is 17.6 Å². The number of amides is 3. The first kappa shape index (κ1) is 31.9. The van der Waals surface area contributed by atoms with Crippen molar-refractivity contribution >= 4 is 40.9 Å². The summed E-state index contributed by atoms with van der Waals surface area (Å²) in [5, 5.41) is 14.2. The van der Waals surface area contributed by atoms with Crippen LogP contribution in [0.4, 0.5) is 35.3 Å². The summed E-state index contributed by atoms with van der Waals surface area (Å²) in [5.74, 6) is 6.59. The van der Waals surface area contributed by atoms with Crippen LogP contribution in [0.2, 0.25) is 5.02 Å². The molecule has 4 aromatic rings. The topological polar surface area (TPSA) is 125 Å². The van der Waals surface area contributed by atoms with Gasteiger partial charge in [-0.05, 0) is 68.4 Å². The number of halogens is 4. The third-order valence-corrected chi connectivity index (χ3v) is 8.28. The van der Waals surface area contributed by atoms with Crippen molar-refractivity contribution in [2.75, 3.05) is 35.6 Å². The molecule has 0 atom stereocenters. The van der Waals surface area contributed by atoms with E-state index in [9.17, 15) is 22.8 Å². The highest BCUT2D eigenvalue weighted by Gasteiger charge is 2.33. The van der Waals surface area contributed by atoms with E-state index in [1.54, 1.807) is 30.5 Å². The smallest absolute Gasteiger partial charge is 0.352 e. The number of fused-ring (bicyclic) bond motifs is 1.